The first kappa shape index (κ1) is 18.5. The summed E-state index contributed by atoms with van der Waals surface area (Å²) >= 11 is 1.63. The third-order valence-corrected chi connectivity index (χ3v) is 4.60. The van der Waals surface area contributed by atoms with E-state index in [1.54, 1.807) is 18.7 Å². The van der Waals surface area contributed by atoms with Gasteiger partial charge in [-0.1, -0.05) is 34.6 Å². The summed E-state index contributed by atoms with van der Waals surface area (Å²) in [6.07, 6.45) is 1.59. The van der Waals surface area contributed by atoms with Crippen molar-refractivity contribution < 1.29 is 14.3 Å². The Hall–Kier alpha value is -0.510. The lowest BCUT2D eigenvalue weighted by Gasteiger charge is -2.28. The molecule has 0 rings (SSSR count). The van der Waals surface area contributed by atoms with Crippen LogP contribution in [0.2, 0.25) is 0 Å². The van der Waals surface area contributed by atoms with E-state index in [1.807, 2.05) is 13.8 Å². The Kier molecular flexibility index (Phi) is 7.72. The van der Waals surface area contributed by atoms with Crippen molar-refractivity contribution in [3.05, 3.63) is 0 Å². The predicted molar refractivity (Wildman–Crippen MR) is 81.5 cm³/mol. The van der Waals surface area contributed by atoms with Crippen molar-refractivity contribution in [3.8, 4) is 0 Å². The summed E-state index contributed by atoms with van der Waals surface area (Å²) in [5, 5.41) is 0. The molecular formula is C15H28O3S. The van der Waals surface area contributed by atoms with Gasteiger partial charge in [-0.25, -0.2) is 0 Å². The Balaban J connectivity index is 4.66. The molecule has 0 atom stereocenters. The average Bonchev–Trinajstić information content (AvgIpc) is 2.33. The van der Waals surface area contributed by atoms with E-state index in [-0.39, 0.29) is 16.5 Å². The van der Waals surface area contributed by atoms with Crippen LogP contribution >= 0.6 is 11.8 Å². The number of carbonyl (C=O) groups excluding carboxylic acids is 2. The van der Waals surface area contributed by atoms with Gasteiger partial charge in [0.25, 0.3) is 0 Å². The summed E-state index contributed by atoms with van der Waals surface area (Å²) in [5.41, 5.74) is -0.633. The molecule has 0 aromatic carbocycles. The standard InChI is InChI=1S/C15H28O3S/c1-7-15(8-2,13(17)18-9-3)10-12(16)11-19-14(4,5)6/h7-11H2,1-6H3. The van der Waals surface area contributed by atoms with Gasteiger partial charge in [0.2, 0.25) is 0 Å². The number of hydrogen-bond donors (Lipinski definition) is 0. The highest BCUT2D eigenvalue weighted by Gasteiger charge is 2.38. The normalized spacial score (nSPS) is 12.3. The second-order valence-corrected chi connectivity index (χ2v) is 7.63. The van der Waals surface area contributed by atoms with Crippen LogP contribution < -0.4 is 0 Å². The molecule has 0 spiro atoms. The molecule has 0 aromatic rings. The van der Waals surface area contributed by atoms with Crippen LogP contribution in [0.3, 0.4) is 0 Å². The predicted octanol–water partition coefficient (Wildman–Crippen LogP) is 3.85. The number of thioether (sulfide) groups is 1. The van der Waals surface area contributed by atoms with Gasteiger partial charge >= 0.3 is 5.97 Å². The summed E-state index contributed by atoms with van der Waals surface area (Å²) in [4.78, 5) is 24.2. The van der Waals surface area contributed by atoms with Crippen LogP contribution in [0.1, 0.15) is 60.8 Å². The van der Waals surface area contributed by atoms with Crippen LogP contribution in [-0.2, 0) is 14.3 Å². The summed E-state index contributed by atoms with van der Waals surface area (Å²) in [6.45, 7) is 12.3. The van der Waals surface area contributed by atoms with Crippen molar-refractivity contribution in [2.24, 2.45) is 5.41 Å². The fraction of sp³-hybridized carbons (Fsp3) is 0.867. The van der Waals surface area contributed by atoms with Crippen LogP contribution in [0.15, 0.2) is 0 Å². The SMILES string of the molecule is CCOC(=O)C(CC)(CC)CC(=O)CSC(C)(C)C. The molecule has 0 aliphatic carbocycles. The maximum atomic E-state index is 12.1. The first-order chi connectivity index (χ1) is 8.70. The van der Waals surface area contributed by atoms with Crippen LogP contribution in [0, 0.1) is 5.41 Å². The number of hydrogen-bond acceptors (Lipinski definition) is 4. The Bertz CT molecular complexity index is 301. The third kappa shape index (κ3) is 6.46. The van der Waals surface area contributed by atoms with Crippen LogP contribution in [0.4, 0.5) is 0 Å². The summed E-state index contributed by atoms with van der Waals surface area (Å²) < 4.78 is 5.21. The fourth-order valence-electron chi connectivity index (χ4n) is 1.87. The van der Waals surface area contributed by atoms with Gasteiger partial charge < -0.3 is 4.74 Å². The average molecular weight is 288 g/mol. The topological polar surface area (TPSA) is 43.4 Å². The lowest BCUT2D eigenvalue weighted by Crippen LogP contribution is -2.35. The number of rotatable bonds is 8. The van der Waals surface area contributed by atoms with Gasteiger partial charge in [0, 0.05) is 11.2 Å². The smallest absolute Gasteiger partial charge is 0.312 e. The summed E-state index contributed by atoms with van der Waals surface area (Å²) in [6, 6.07) is 0. The molecule has 19 heavy (non-hydrogen) atoms. The Labute approximate surface area is 121 Å². The Morgan fingerprint density at radius 2 is 1.58 bits per heavy atom. The molecule has 3 nitrogen and oxygen atoms in total. The molecule has 0 aliphatic heterocycles. The summed E-state index contributed by atoms with van der Waals surface area (Å²) in [7, 11) is 0. The van der Waals surface area contributed by atoms with E-state index in [1.165, 1.54) is 0 Å². The molecule has 0 aliphatic rings. The molecule has 0 fully saturated rings. The first-order valence-corrected chi connectivity index (χ1v) is 8.02. The van der Waals surface area contributed by atoms with E-state index in [0.717, 1.165) is 0 Å². The lowest BCUT2D eigenvalue weighted by atomic mass is 9.78. The number of esters is 1. The Morgan fingerprint density at radius 3 is 1.95 bits per heavy atom. The highest BCUT2D eigenvalue weighted by molar-refractivity contribution is 8.01. The van der Waals surface area contributed by atoms with Crippen LogP contribution in [0.25, 0.3) is 0 Å². The molecule has 0 heterocycles. The molecule has 0 bridgehead atoms. The molecule has 0 unspecified atom stereocenters. The molecule has 0 N–H and O–H groups in total. The number of Topliss-reactive ketones (excluding diaryl/α,β-unsaturated/α-hetero) is 1. The van der Waals surface area contributed by atoms with Gasteiger partial charge in [0.1, 0.15) is 5.78 Å². The zero-order valence-electron chi connectivity index (χ0n) is 13.2. The molecule has 0 radical (unpaired) electrons. The molecule has 4 heteroatoms. The summed E-state index contributed by atoms with van der Waals surface area (Å²) in [5.74, 6) is 0.371. The second kappa shape index (κ2) is 7.93. The van der Waals surface area contributed by atoms with E-state index in [0.29, 0.717) is 31.6 Å². The largest absolute Gasteiger partial charge is 0.466 e. The molecule has 0 amide bonds. The number of carbonyl (C=O) groups is 2. The van der Waals surface area contributed by atoms with E-state index < -0.39 is 5.41 Å². The van der Waals surface area contributed by atoms with Crippen molar-refractivity contribution in [1.29, 1.82) is 0 Å². The van der Waals surface area contributed by atoms with Gasteiger partial charge in [-0.15, -0.1) is 11.8 Å². The fourth-order valence-corrected chi connectivity index (χ4v) is 2.57. The first-order valence-electron chi connectivity index (χ1n) is 7.03. The van der Waals surface area contributed by atoms with Gasteiger partial charge in [0.15, 0.2) is 0 Å². The van der Waals surface area contributed by atoms with Crippen LogP contribution in [0.5, 0.6) is 0 Å². The van der Waals surface area contributed by atoms with E-state index >= 15 is 0 Å². The van der Waals surface area contributed by atoms with Gasteiger partial charge in [0.05, 0.1) is 17.8 Å². The highest BCUT2D eigenvalue weighted by atomic mass is 32.2. The Morgan fingerprint density at radius 1 is 1.05 bits per heavy atom. The van der Waals surface area contributed by atoms with Crippen molar-refractivity contribution in [1.82, 2.24) is 0 Å². The minimum atomic E-state index is -0.633. The van der Waals surface area contributed by atoms with Gasteiger partial charge in [-0.05, 0) is 19.8 Å². The van der Waals surface area contributed by atoms with Crippen molar-refractivity contribution in [2.45, 2.75) is 65.6 Å². The van der Waals surface area contributed by atoms with Crippen molar-refractivity contribution in [2.75, 3.05) is 12.4 Å². The quantitative estimate of drug-likeness (QED) is 0.636. The molecule has 0 saturated carbocycles. The number of ether oxygens (including phenoxy) is 1. The monoisotopic (exact) mass is 288 g/mol. The molecule has 0 aromatic heterocycles. The van der Waals surface area contributed by atoms with Gasteiger partial charge in [-0.3, -0.25) is 9.59 Å². The maximum absolute atomic E-state index is 12.1. The van der Waals surface area contributed by atoms with E-state index in [4.69, 9.17) is 4.74 Å². The van der Waals surface area contributed by atoms with Gasteiger partial charge in [-0.2, -0.15) is 0 Å². The molecule has 0 saturated heterocycles. The second-order valence-electron chi connectivity index (χ2n) is 5.82. The maximum Gasteiger partial charge on any atom is 0.312 e. The lowest BCUT2D eigenvalue weighted by molar-refractivity contribution is -0.158. The third-order valence-electron chi connectivity index (χ3n) is 3.26. The number of ketones is 1. The van der Waals surface area contributed by atoms with E-state index in [2.05, 4.69) is 20.8 Å². The zero-order chi connectivity index (χ0) is 15.1. The highest BCUT2D eigenvalue weighted by Crippen LogP contribution is 2.34. The van der Waals surface area contributed by atoms with Crippen LogP contribution in [-0.4, -0.2) is 28.9 Å². The minimum Gasteiger partial charge on any atom is -0.466 e. The van der Waals surface area contributed by atoms with Crippen molar-refractivity contribution >= 4 is 23.5 Å². The molecule has 112 valence electrons. The minimum absolute atomic E-state index is 0.0701. The van der Waals surface area contributed by atoms with E-state index in [9.17, 15) is 9.59 Å². The van der Waals surface area contributed by atoms with Crippen molar-refractivity contribution in [3.63, 3.8) is 0 Å². The zero-order valence-corrected chi connectivity index (χ0v) is 14.0. The molecular weight excluding hydrogens is 260 g/mol.